The Morgan fingerprint density at radius 3 is 2.92 bits per heavy atom. The minimum absolute atomic E-state index is 0.209. The molecule has 2 amide bonds. The van der Waals surface area contributed by atoms with Gasteiger partial charge in [0.25, 0.3) is 5.91 Å². The van der Waals surface area contributed by atoms with Gasteiger partial charge in [-0.05, 0) is 12.1 Å². The van der Waals surface area contributed by atoms with E-state index >= 15 is 0 Å². The van der Waals surface area contributed by atoms with Gasteiger partial charge < -0.3 is 5.32 Å². The number of amides is 2. The Morgan fingerprint density at radius 1 is 1.42 bits per heavy atom. The van der Waals surface area contributed by atoms with Crippen LogP contribution in [-0.2, 0) is 9.59 Å². The Hall–Kier alpha value is -2.10. The van der Waals surface area contributed by atoms with Crippen molar-refractivity contribution < 1.29 is 14.0 Å². The number of nitrogens with one attached hydrogen (secondary N) is 1. The third-order valence-electron chi connectivity index (χ3n) is 3.05. The fourth-order valence-corrected chi connectivity index (χ4v) is 3.75. The van der Waals surface area contributed by atoms with E-state index in [1.54, 1.807) is 29.8 Å². The molecule has 9 heteroatoms. The average Bonchev–Trinajstić information content (AvgIpc) is 3.14. The van der Waals surface area contributed by atoms with Crippen LogP contribution in [0.1, 0.15) is 5.56 Å². The van der Waals surface area contributed by atoms with Gasteiger partial charge in [-0.1, -0.05) is 42.2 Å². The number of anilines is 1. The highest BCUT2D eigenvalue weighted by Crippen LogP contribution is 2.32. The van der Waals surface area contributed by atoms with Gasteiger partial charge in [0.05, 0.1) is 4.91 Å². The van der Waals surface area contributed by atoms with Crippen molar-refractivity contribution in [3.8, 4) is 0 Å². The number of thioether (sulfide) groups is 1. The number of aromatic nitrogens is 1. The standard InChI is InChI=1S/C15H10FN3O2S3/c16-10-4-2-1-3-9(10)7-11-13(21)19(15(22)24-11)8-12(20)18-14-17-5-6-23-14/h1-7H,8H2,(H,17,18,20)/b11-7+. The van der Waals surface area contributed by atoms with Gasteiger partial charge in [0, 0.05) is 17.1 Å². The molecule has 1 fully saturated rings. The quantitative estimate of drug-likeness (QED) is 0.653. The van der Waals surface area contributed by atoms with Crippen molar-refractivity contribution in [1.29, 1.82) is 0 Å². The van der Waals surface area contributed by atoms with Gasteiger partial charge in [0.2, 0.25) is 5.91 Å². The van der Waals surface area contributed by atoms with Crippen LogP contribution >= 0.6 is 35.3 Å². The average molecular weight is 379 g/mol. The molecule has 122 valence electrons. The number of thiocarbonyl (C=S) groups is 1. The molecular formula is C15H10FN3O2S3. The molecular weight excluding hydrogens is 369 g/mol. The smallest absolute Gasteiger partial charge is 0.266 e. The number of thiazole rings is 1. The van der Waals surface area contributed by atoms with Crippen LogP contribution in [0.25, 0.3) is 6.08 Å². The zero-order valence-corrected chi connectivity index (χ0v) is 14.5. The van der Waals surface area contributed by atoms with E-state index in [-0.39, 0.29) is 15.8 Å². The van der Waals surface area contributed by atoms with Crippen molar-refractivity contribution in [2.24, 2.45) is 0 Å². The second kappa shape index (κ2) is 7.20. The zero-order chi connectivity index (χ0) is 17.1. The highest BCUT2D eigenvalue weighted by Gasteiger charge is 2.33. The van der Waals surface area contributed by atoms with Crippen LogP contribution in [0.3, 0.4) is 0 Å². The maximum atomic E-state index is 13.7. The highest BCUT2D eigenvalue weighted by atomic mass is 32.2. The van der Waals surface area contributed by atoms with E-state index in [0.717, 1.165) is 11.8 Å². The lowest BCUT2D eigenvalue weighted by Gasteiger charge is -2.13. The lowest BCUT2D eigenvalue weighted by Crippen LogP contribution is -2.36. The molecule has 1 aromatic heterocycles. The van der Waals surface area contributed by atoms with Gasteiger partial charge in [-0.3, -0.25) is 14.5 Å². The van der Waals surface area contributed by atoms with E-state index in [1.165, 1.54) is 28.4 Å². The molecule has 1 aromatic carbocycles. The minimum Gasteiger partial charge on any atom is -0.300 e. The monoisotopic (exact) mass is 379 g/mol. The Labute approximate surface area is 150 Å². The van der Waals surface area contributed by atoms with Gasteiger partial charge in [0.1, 0.15) is 16.7 Å². The van der Waals surface area contributed by atoms with Crippen LogP contribution in [0.4, 0.5) is 9.52 Å². The fourth-order valence-electron chi connectivity index (χ4n) is 1.96. The summed E-state index contributed by atoms with van der Waals surface area (Å²) in [5.41, 5.74) is 0.297. The zero-order valence-electron chi connectivity index (χ0n) is 12.1. The minimum atomic E-state index is -0.427. The summed E-state index contributed by atoms with van der Waals surface area (Å²) in [7, 11) is 0. The Kier molecular flexibility index (Phi) is 5.03. The van der Waals surface area contributed by atoms with Crippen molar-refractivity contribution in [3.63, 3.8) is 0 Å². The Bertz CT molecular complexity index is 836. The van der Waals surface area contributed by atoms with Crippen molar-refractivity contribution >= 4 is 62.7 Å². The van der Waals surface area contributed by atoms with Crippen LogP contribution in [0.15, 0.2) is 40.7 Å². The predicted molar refractivity (Wildman–Crippen MR) is 97.0 cm³/mol. The van der Waals surface area contributed by atoms with Gasteiger partial charge >= 0.3 is 0 Å². The van der Waals surface area contributed by atoms with Crippen LogP contribution in [-0.4, -0.2) is 32.6 Å². The molecule has 0 radical (unpaired) electrons. The second-order valence-corrected chi connectivity index (χ2v) is 7.25. The van der Waals surface area contributed by atoms with Crippen molar-refractivity contribution in [2.75, 3.05) is 11.9 Å². The topological polar surface area (TPSA) is 62.3 Å². The maximum Gasteiger partial charge on any atom is 0.266 e. The number of nitrogens with zero attached hydrogens (tertiary/aromatic N) is 2. The summed E-state index contributed by atoms with van der Waals surface area (Å²) in [6.07, 6.45) is 3.00. The first-order valence-corrected chi connectivity index (χ1v) is 8.84. The molecule has 0 saturated carbocycles. The summed E-state index contributed by atoms with van der Waals surface area (Å²) >= 11 is 7.47. The van der Waals surface area contributed by atoms with Crippen molar-refractivity contribution in [3.05, 3.63) is 52.1 Å². The molecule has 0 atom stereocenters. The van der Waals surface area contributed by atoms with Gasteiger partial charge in [-0.25, -0.2) is 9.37 Å². The molecule has 0 aliphatic carbocycles. The van der Waals surface area contributed by atoms with E-state index in [9.17, 15) is 14.0 Å². The van der Waals surface area contributed by atoms with Gasteiger partial charge in [-0.2, -0.15) is 0 Å². The van der Waals surface area contributed by atoms with E-state index in [4.69, 9.17) is 12.2 Å². The molecule has 24 heavy (non-hydrogen) atoms. The van der Waals surface area contributed by atoms with Crippen LogP contribution in [0, 0.1) is 5.82 Å². The lowest BCUT2D eigenvalue weighted by molar-refractivity contribution is -0.126. The van der Waals surface area contributed by atoms with E-state index in [2.05, 4.69) is 10.3 Å². The molecule has 2 heterocycles. The molecule has 1 N–H and O–H groups in total. The van der Waals surface area contributed by atoms with E-state index in [1.807, 2.05) is 0 Å². The number of benzene rings is 1. The number of halogens is 1. The summed E-state index contributed by atoms with van der Waals surface area (Å²) in [6.45, 7) is -0.209. The molecule has 0 spiro atoms. The third-order valence-corrected chi connectivity index (χ3v) is 5.11. The normalized spacial score (nSPS) is 16.0. The second-order valence-electron chi connectivity index (χ2n) is 4.67. The number of hydrogen-bond donors (Lipinski definition) is 1. The number of carbonyl (C=O) groups excluding carboxylic acids is 2. The van der Waals surface area contributed by atoms with E-state index < -0.39 is 17.6 Å². The summed E-state index contributed by atoms with van der Waals surface area (Å²) in [6, 6.07) is 6.13. The highest BCUT2D eigenvalue weighted by molar-refractivity contribution is 8.26. The summed E-state index contributed by atoms with van der Waals surface area (Å²) in [5.74, 6) is -1.24. The molecule has 2 aromatic rings. The first kappa shape index (κ1) is 16.7. The molecule has 0 unspecified atom stereocenters. The molecule has 1 aliphatic heterocycles. The van der Waals surface area contributed by atoms with Crippen LogP contribution < -0.4 is 5.32 Å². The molecule has 1 aliphatic rings. The van der Waals surface area contributed by atoms with Crippen molar-refractivity contribution in [1.82, 2.24) is 9.88 Å². The van der Waals surface area contributed by atoms with Crippen LogP contribution in [0.2, 0.25) is 0 Å². The van der Waals surface area contributed by atoms with E-state index in [0.29, 0.717) is 10.7 Å². The molecule has 5 nitrogen and oxygen atoms in total. The third kappa shape index (κ3) is 3.69. The fraction of sp³-hybridized carbons (Fsp3) is 0.0667. The number of rotatable bonds is 4. The summed E-state index contributed by atoms with van der Waals surface area (Å²) in [4.78, 5) is 29.8. The number of hydrogen-bond acceptors (Lipinski definition) is 6. The first-order valence-electron chi connectivity index (χ1n) is 6.74. The lowest BCUT2D eigenvalue weighted by atomic mass is 10.2. The SMILES string of the molecule is O=C(CN1C(=O)/C(=C\c2ccccc2F)SC1=S)Nc1nccs1. The first-order chi connectivity index (χ1) is 11.5. The van der Waals surface area contributed by atoms with Gasteiger partial charge in [-0.15, -0.1) is 11.3 Å². The largest absolute Gasteiger partial charge is 0.300 e. The predicted octanol–water partition coefficient (Wildman–Crippen LogP) is 3.12. The molecule has 1 saturated heterocycles. The number of carbonyl (C=O) groups is 2. The van der Waals surface area contributed by atoms with Gasteiger partial charge in [0.15, 0.2) is 5.13 Å². The molecule has 0 bridgehead atoms. The Balaban J connectivity index is 1.72. The maximum absolute atomic E-state index is 13.7. The molecule has 3 rings (SSSR count). The summed E-state index contributed by atoms with van der Waals surface area (Å²) < 4.78 is 14.0. The summed E-state index contributed by atoms with van der Waals surface area (Å²) in [5, 5.41) is 4.77. The Morgan fingerprint density at radius 2 is 2.21 bits per heavy atom. The van der Waals surface area contributed by atoms with Crippen LogP contribution in [0.5, 0.6) is 0 Å². The van der Waals surface area contributed by atoms with Crippen molar-refractivity contribution in [2.45, 2.75) is 0 Å².